The summed E-state index contributed by atoms with van der Waals surface area (Å²) < 4.78 is 0. The molecule has 1 amide bonds. The molecule has 0 spiro atoms. The van der Waals surface area contributed by atoms with E-state index in [2.05, 4.69) is 20.3 Å². The first-order chi connectivity index (χ1) is 10.1. The smallest absolute Gasteiger partial charge is 0.270 e. The first-order valence-electron chi connectivity index (χ1n) is 6.84. The molecule has 21 heavy (non-hydrogen) atoms. The molecule has 0 bridgehead atoms. The number of aromatic nitrogens is 3. The van der Waals surface area contributed by atoms with Crippen LogP contribution in [0.1, 0.15) is 28.2 Å². The van der Waals surface area contributed by atoms with Crippen molar-refractivity contribution in [2.24, 2.45) is 0 Å². The number of thiazole rings is 1. The minimum Gasteiger partial charge on any atom is -0.348 e. The van der Waals surface area contributed by atoms with Crippen LogP contribution >= 0.6 is 11.3 Å². The van der Waals surface area contributed by atoms with E-state index in [4.69, 9.17) is 0 Å². The molecule has 110 valence electrons. The van der Waals surface area contributed by atoms with Crippen molar-refractivity contribution in [1.29, 1.82) is 0 Å². The largest absolute Gasteiger partial charge is 0.348 e. The quantitative estimate of drug-likeness (QED) is 0.925. The summed E-state index contributed by atoms with van der Waals surface area (Å²) in [5.41, 5.74) is 4.37. The van der Waals surface area contributed by atoms with Crippen LogP contribution in [0, 0.1) is 0 Å². The molecule has 0 saturated heterocycles. The minimum absolute atomic E-state index is 0.101. The second-order valence-corrected chi connectivity index (χ2v) is 6.04. The summed E-state index contributed by atoms with van der Waals surface area (Å²) in [4.78, 5) is 26.9. The predicted octanol–water partition coefficient (Wildman–Crippen LogP) is 1.29. The van der Waals surface area contributed by atoms with Gasteiger partial charge in [-0.05, 0) is 24.8 Å². The van der Waals surface area contributed by atoms with Crippen molar-refractivity contribution in [3.63, 3.8) is 0 Å². The summed E-state index contributed by atoms with van der Waals surface area (Å²) in [5, 5.41) is 4.80. The Labute approximate surface area is 127 Å². The molecule has 2 aromatic heterocycles. The lowest BCUT2D eigenvalue weighted by Gasteiger charge is -2.25. The molecule has 3 rings (SSSR count). The highest BCUT2D eigenvalue weighted by molar-refractivity contribution is 7.07. The summed E-state index contributed by atoms with van der Waals surface area (Å²) in [5.74, 6) is 0.634. The minimum atomic E-state index is -0.101. The van der Waals surface area contributed by atoms with Crippen LogP contribution in [-0.2, 0) is 12.8 Å². The zero-order chi connectivity index (χ0) is 14.8. The number of carbonyl (C=O) groups excluding carboxylic acids is 1. The number of nitrogens with one attached hydrogen (secondary N) is 1. The lowest BCUT2D eigenvalue weighted by molar-refractivity contribution is 0.0929. The van der Waals surface area contributed by atoms with E-state index in [1.54, 1.807) is 10.9 Å². The number of nitrogens with zero attached hydrogens (tertiary/aromatic N) is 4. The Kier molecular flexibility index (Phi) is 3.83. The fourth-order valence-corrected chi connectivity index (χ4v) is 2.95. The second-order valence-electron chi connectivity index (χ2n) is 5.32. The van der Waals surface area contributed by atoms with Crippen molar-refractivity contribution < 1.29 is 4.79 Å². The van der Waals surface area contributed by atoms with Crippen LogP contribution in [0.5, 0.6) is 0 Å². The van der Waals surface area contributed by atoms with Gasteiger partial charge in [0, 0.05) is 37.4 Å². The van der Waals surface area contributed by atoms with Gasteiger partial charge in [-0.15, -0.1) is 11.3 Å². The number of anilines is 1. The Morgan fingerprint density at radius 1 is 1.43 bits per heavy atom. The zero-order valence-electron chi connectivity index (χ0n) is 12.0. The van der Waals surface area contributed by atoms with E-state index in [1.807, 2.05) is 25.2 Å². The van der Waals surface area contributed by atoms with Crippen molar-refractivity contribution in [3.05, 3.63) is 34.0 Å². The summed E-state index contributed by atoms with van der Waals surface area (Å²) in [6, 6.07) is 0.125. The van der Waals surface area contributed by atoms with E-state index in [9.17, 15) is 4.79 Å². The van der Waals surface area contributed by atoms with Gasteiger partial charge in [0.1, 0.15) is 5.69 Å². The molecule has 2 aromatic rings. The van der Waals surface area contributed by atoms with Crippen molar-refractivity contribution >= 4 is 23.2 Å². The highest BCUT2D eigenvalue weighted by Gasteiger charge is 2.23. The molecule has 2 heterocycles. The summed E-state index contributed by atoms with van der Waals surface area (Å²) in [6.45, 7) is 0. The van der Waals surface area contributed by atoms with E-state index in [0.717, 1.165) is 36.5 Å². The van der Waals surface area contributed by atoms with Gasteiger partial charge >= 0.3 is 0 Å². The number of rotatable bonds is 3. The average Bonchev–Trinajstić information content (AvgIpc) is 3.01. The van der Waals surface area contributed by atoms with Gasteiger partial charge in [0.25, 0.3) is 5.91 Å². The summed E-state index contributed by atoms with van der Waals surface area (Å²) in [6.07, 6.45) is 4.41. The maximum Gasteiger partial charge on any atom is 0.270 e. The van der Waals surface area contributed by atoms with Crippen LogP contribution in [-0.4, -0.2) is 41.0 Å². The van der Waals surface area contributed by atoms with Crippen LogP contribution in [0.25, 0.3) is 0 Å². The zero-order valence-corrected chi connectivity index (χ0v) is 12.9. The lowest BCUT2D eigenvalue weighted by Crippen LogP contribution is -2.39. The van der Waals surface area contributed by atoms with Crippen molar-refractivity contribution in [3.8, 4) is 0 Å². The molecule has 1 N–H and O–H groups in total. The fraction of sp³-hybridized carbons (Fsp3) is 0.429. The average molecular weight is 303 g/mol. The molecule has 1 aliphatic carbocycles. The van der Waals surface area contributed by atoms with Gasteiger partial charge in [-0.3, -0.25) is 4.79 Å². The SMILES string of the molecule is CN(C)c1ncc2c(n1)CCC(NC(=O)c1cscn1)C2. The Bertz CT molecular complexity index is 641. The van der Waals surface area contributed by atoms with Gasteiger partial charge in [0.05, 0.1) is 5.51 Å². The number of hydrogen-bond donors (Lipinski definition) is 1. The summed E-state index contributed by atoms with van der Waals surface area (Å²) in [7, 11) is 3.86. The van der Waals surface area contributed by atoms with Crippen LogP contribution in [0.3, 0.4) is 0 Å². The van der Waals surface area contributed by atoms with Crippen LogP contribution in [0.4, 0.5) is 5.95 Å². The monoisotopic (exact) mass is 303 g/mol. The molecule has 1 atom stereocenters. The van der Waals surface area contributed by atoms with Crippen molar-refractivity contribution in [2.75, 3.05) is 19.0 Å². The third-order valence-electron chi connectivity index (χ3n) is 3.54. The van der Waals surface area contributed by atoms with Gasteiger partial charge < -0.3 is 10.2 Å². The Hall–Kier alpha value is -2.02. The number of carbonyl (C=O) groups is 1. The van der Waals surface area contributed by atoms with E-state index < -0.39 is 0 Å². The van der Waals surface area contributed by atoms with Crippen molar-refractivity contribution in [2.45, 2.75) is 25.3 Å². The molecular formula is C14H17N5OS. The van der Waals surface area contributed by atoms with E-state index in [1.165, 1.54) is 11.3 Å². The van der Waals surface area contributed by atoms with E-state index in [-0.39, 0.29) is 11.9 Å². The van der Waals surface area contributed by atoms with Gasteiger partial charge in [-0.1, -0.05) is 0 Å². The fourth-order valence-electron chi connectivity index (χ4n) is 2.42. The van der Waals surface area contributed by atoms with E-state index >= 15 is 0 Å². The molecule has 7 heteroatoms. The molecule has 0 aromatic carbocycles. The number of hydrogen-bond acceptors (Lipinski definition) is 6. The number of amides is 1. The third-order valence-corrected chi connectivity index (χ3v) is 4.12. The Morgan fingerprint density at radius 2 is 2.29 bits per heavy atom. The molecule has 0 saturated carbocycles. The Morgan fingerprint density at radius 3 is 3.00 bits per heavy atom. The number of fused-ring (bicyclic) bond motifs is 1. The standard InChI is InChI=1S/C14H17N5OS/c1-19(2)14-15-6-9-5-10(3-4-11(9)18-14)17-13(20)12-7-21-8-16-12/h6-8,10H,3-5H2,1-2H3,(H,17,20). The normalized spacial score (nSPS) is 17.1. The predicted molar refractivity (Wildman–Crippen MR) is 81.8 cm³/mol. The van der Waals surface area contributed by atoms with E-state index in [0.29, 0.717) is 5.69 Å². The topological polar surface area (TPSA) is 71.0 Å². The molecule has 0 fully saturated rings. The molecule has 0 aliphatic heterocycles. The van der Waals surface area contributed by atoms with Crippen LogP contribution in [0.15, 0.2) is 17.1 Å². The van der Waals surface area contributed by atoms with Gasteiger partial charge in [0.15, 0.2) is 0 Å². The molecule has 1 aliphatic rings. The lowest BCUT2D eigenvalue weighted by atomic mass is 9.93. The molecule has 0 radical (unpaired) electrons. The first-order valence-corrected chi connectivity index (χ1v) is 7.79. The summed E-state index contributed by atoms with van der Waals surface area (Å²) >= 11 is 1.43. The van der Waals surface area contributed by atoms with Crippen LogP contribution in [0.2, 0.25) is 0 Å². The highest BCUT2D eigenvalue weighted by atomic mass is 32.1. The highest BCUT2D eigenvalue weighted by Crippen LogP contribution is 2.21. The van der Waals surface area contributed by atoms with Crippen molar-refractivity contribution in [1.82, 2.24) is 20.3 Å². The first kappa shape index (κ1) is 13.9. The third kappa shape index (κ3) is 3.02. The van der Waals surface area contributed by atoms with Crippen LogP contribution < -0.4 is 10.2 Å². The molecule has 6 nitrogen and oxygen atoms in total. The van der Waals surface area contributed by atoms with Gasteiger partial charge in [0.2, 0.25) is 5.95 Å². The maximum atomic E-state index is 12.0. The number of aryl methyl sites for hydroxylation is 1. The second kappa shape index (κ2) is 5.77. The van der Waals surface area contributed by atoms with Gasteiger partial charge in [-0.25, -0.2) is 15.0 Å². The molecule has 1 unspecified atom stereocenters. The van der Waals surface area contributed by atoms with Gasteiger partial charge in [-0.2, -0.15) is 0 Å². The Balaban J connectivity index is 1.69. The maximum absolute atomic E-state index is 12.0. The molecular weight excluding hydrogens is 286 g/mol.